The smallest absolute Gasteiger partial charge is 0.156 e. The van der Waals surface area contributed by atoms with Gasteiger partial charge in [-0.25, -0.2) is 14.4 Å². The number of nitriles is 1. The van der Waals surface area contributed by atoms with Crippen LogP contribution < -0.4 is 5.32 Å². The molecule has 0 aliphatic rings. The molecule has 0 unspecified atom stereocenters. The molecule has 0 radical (unpaired) electrons. The van der Waals surface area contributed by atoms with Crippen LogP contribution in [0.1, 0.15) is 15.9 Å². The van der Waals surface area contributed by atoms with Crippen molar-refractivity contribution >= 4 is 29.4 Å². The maximum atomic E-state index is 13.2. The minimum atomic E-state index is -0.621. The molecule has 5 nitrogen and oxygen atoms in total. The maximum absolute atomic E-state index is 13.2. The third-order valence-corrected chi connectivity index (χ3v) is 2.60. The largest absolute Gasteiger partial charge is 0.339 e. The number of carbonyl (C=O) groups excluding carboxylic acids is 1. The molecule has 0 fully saturated rings. The molecule has 1 heterocycles. The molecule has 19 heavy (non-hydrogen) atoms. The molecular weight excluding hydrogens is 271 g/mol. The highest BCUT2D eigenvalue weighted by Gasteiger charge is 2.10. The molecule has 0 saturated carbocycles. The van der Waals surface area contributed by atoms with E-state index in [9.17, 15) is 9.18 Å². The summed E-state index contributed by atoms with van der Waals surface area (Å²) in [6.45, 7) is 0. The molecule has 0 amide bonds. The number of aromatic nitrogens is 2. The van der Waals surface area contributed by atoms with Crippen molar-refractivity contribution in [3.63, 3.8) is 0 Å². The minimum absolute atomic E-state index is 0.00937. The van der Waals surface area contributed by atoms with E-state index in [0.29, 0.717) is 12.0 Å². The van der Waals surface area contributed by atoms with Gasteiger partial charge < -0.3 is 5.32 Å². The Morgan fingerprint density at radius 1 is 1.42 bits per heavy atom. The monoisotopic (exact) mass is 276 g/mol. The molecule has 2 rings (SSSR count). The van der Waals surface area contributed by atoms with Crippen molar-refractivity contribution in [1.82, 2.24) is 9.97 Å². The van der Waals surface area contributed by atoms with E-state index >= 15 is 0 Å². The van der Waals surface area contributed by atoms with Gasteiger partial charge in [-0.1, -0.05) is 11.6 Å². The van der Waals surface area contributed by atoms with Crippen molar-refractivity contribution in [2.45, 2.75) is 0 Å². The molecule has 0 aliphatic heterocycles. The molecule has 7 heteroatoms. The van der Waals surface area contributed by atoms with Gasteiger partial charge in [-0.15, -0.1) is 0 Å². The van der Waals surface area contributed by atoms with Gasteiger partial charge in [0.25, 0.3) is 0 Å². The second-order valence-electron chi connectivity index (χ2n) is 3.48. The number of aldehydes is 1. The summed E-state index contributed by atoms with van der Waals surface area (Å²) in [5.74, 6) is -0.435. The molecule has 0 bridgehead atoms. The van der Waals surface area contributed by atoms with Crippen molar-refractivity contribution < 1.29 is 9.18 Å². The van der Waals surface area contributed by atoms with E-state index in [1.807, 2.05) is 0 Å². The van der Waals surface area contributed by atoms with Crippen molar-refractivity contribution in [1.29, 1.82) is 5.26 Å². The highest BCUT2D eigenvalue weighted by molar-refractivity contribution is 6.32. The summed E-state index contributed by atoms with van der Waals surface area (Å²) in [6, 6.07) is 5.58. The summed E-state index contributed by atoms with van der Waals surface area (Å²) < 4.78 is 13.2. The van der Waals surface area contributed by atoms with Gasteiger partial charge in [0.15, 0.2) is 6.29 Å². The zero-order valence-electron chi connectivity index (χ0n) is 9.39. The summed E-state index contributed by atoms with van der Waals surface area (Å²) in [5.41, 5.74) is 0.389. The Bertz CT molecular complexity index is 684. The minimum Gasteiger partial charge on any atom is -0.339 e. The Morgan fingerprint density at radius 3 is 2.89 bits per heavy atom. The maximum Gasteiger partial charge on any atom is 0.156 e. The van der Waals surface area contributed by atoms with E-state index in [0.717, 1.165) is 6.07 Å². The lowest BCUT2D eigenvalue weighted by atomic mass is 10.2. The number of hydrogen-bond donors (Lipinski definition) is 1. The zero-order chi connectivity index (χ0) is 13.8. The van der Waals surface area contributed by atoms with Gasteiger partial charge >= 0.3 is 0 Å². The number of carbonyl (C=O) groups is 1. The van der Waals surface area contributed by atoms with E-state index in [2.05, 4.69) is 15.3 Å². The van der Waals surface area contributed by atoms with Gasteiger partial charge in [0.05, 0.1) is 11.1 Å². The van der Waals surface area contributed by atoms with Crippen molar-refractivity contribution in [3.8, 4) is 6.07 Å². The van der Waals surface area contributed by atoms with Crippen LogP contribution in [0.3, 0.4) is 0 Å². The third-order valence-electron chi connectivity index (χ3n) is 2.30. The Labute approximate surface area is 112 Å². The summed E-state index contributed by atoms with van der Waals surface area (Å²) in [6.07, 6.45) is 1.70. The molecule has 0 spiro atoms. The first-order valence-corrected chi connectivity index (χ1v) is 5.46. The lowest BCUT2D eigenvalue weighted by Gasteiger charge is -2.08. The SMILES string of the molecule is N#Cc1cc(Nc2ncnc(Cl)c2C=O)ccc1F. The molecule has 2 aromatic rings. The Kier molecular flexibility index (Phi) is 3.68. The van der Waals surface area contributed by atoms with E-state index in [1.165, 1.54) is 18.5 Å². The number of rotatable bonds is 3. The van der Waals surface area contributed by atoms with Crippen LogP contribution in [0.2, 0.25) is 5.15 Å². The van der Waals surface area contributed by atoms with Crippen LogP contribution in [0.5, 0.6) is 0 Å². The van der Waals surface area contributed by atoms with E-state index in [-0.39, 0.29) is 22.1 Å². The van der Waals surface area contributed by atoms with E-state index < -0.39 is 5.82 Å². The molecule has 0 aliphatic carbocycles. The van der Waals surface area contributed by atoms with Crippen LogP contribution in [0.4, 0.5) is 15.9 Å². The first kappa shape index (κ1) is 12.9. The van der Waals surface area contributed by atoms with Gasteiger partial charge in [0.2, 0.25) is 0 Å². The molecular formula is C12H6ClFN4O. The summed E-state index contributed by atoms with van der Waals surface area (Å²) in [4.78, 5) is 18.4. The van der Waals surface area contributed by atoms with Crippen molar-refractivity contribution in [3.05, 3.63) is 46.6 Å². The zero-order valence-corrected chi connectivity index (χ0v) is 10.1. The molecule has 1 N–H and O–H groups in total. The predicted molar refractivity (Wildman–Crippen MR) is 66.8 cm³/mol. The fraction of sp³-hybridized carbons (Fsp3) is 0. The van der Waals surface area contributed by atoms with Crippen molar-refractivity contribution in [2.75, 3.05) is 5.32 Å². The number of benzene rings is 1. The van der Waals surface area contributed by atoms with E-state index in [1.54, 1.807) is 6.07 Å². The first-order chi connectivity index (χ1) is 9.15. The van der Waals surface area contributed by atoms with Crippen molar-refractivity contribution in [2.24, 2.45) is 0 Å². The molecule has 1 aromatic carbocycles. The van der Waals surface area contributed by atoms with Gasteiger partial charge in [0, 0.05) is 5.69 Å². The van der Waals surface area contributed by atoms with Gasteiger partial charge in [0.1, 0.15) is 29.2 Å². The Hall–Kier alpha value is -2.52. The van der Waals surface area contributed by atoms with Gasteiger partial charge in [-0.05, 0) is 18.2 Å². The standard InChI is InChI=1S/C12H6ClFN4O/c13-11-9(5-19)12(17-6-16-11)18-8-1-2-10(14)7(3-8)4-15/h1-3,5-6H,(H,16,17,18). The fourth-order valence-corrected chi connectivity index (χ4v) is 1.58. The number of hydrogen-bond acceptors (Lipinski definition) is 5. The van der Waals surface area contributed by atoms with Crippen LogP contribution in [-0.4, -0.2) is 16.3 Å². The normalized spacial score (nSPS) is 9.74. The second-order valence-corrected chi connectivity index (χ2v) is 3.83. The Balaban J connectivity index is 2.40. The number of nitrogens with one attached hydrogen (secondary N) is 1. The summed E-state index contributed by atoms with van der Waals surface area (Å²) in [5, 5.41) is 11.5. The quantitative estimate of drug-likeness (QED) is 0.689. The van der Waals surface area contributed by atoms with Crippen LogP contribution in [-0.2, 0) is 0 Å². The highest BCUT2D eigenvalue weighted by Crippen LogP contribution is 2.22. The predicted octanol–water partition coefficient (Wildman–Crippen LogP) is 2.70. The fourth-order valence-electron chi connectivity index (χ4n) is 1.40. The van der Waals surface area contributed by atoms with E-state index in [4.69, 9.17) is 16.9 Å². The van der Waals surface area contributed by atoms with Crippen LogP contribution >= 0.6 is 11.6 Å². The highest BCUT2D eigenvalue weighted by atomic mass is 35.5. The van der Waals surface area contributed by atoms with Gasteiger partial charge in [-0.3, -0.25) is 4.79 Å². The van der Waals surface area contributed by atoms with Crippen LogP contribution in [0, 0.1) is 17.1 Å². The lowest BCUT2D eigenvalue weighted by Crippen LogP contribution is -2.01. The average molecular weight is 277 g/mol. The molecule has 0 atom stereocenters. The number of nitrogens with zero attached hydrogens (tertiary/aromatic N) is 3. The number of halogens is 2. The first-order valence-electron chi connectivity index (χ1n) is 5.08. The average Bonchev–Trinajstić information content (AvgIpc) is 2.41. The number of anilines is 2. The molecule has 94 valence electrons. The molecule has 1 aromatic heterocycles. The lowest BCUT2D eigenvalue weighted by molar-refractivity contribution is 0.112. The third kappa shape index (κ3) is 2.67. The van der Waals surface area contributed by atoms with Crippen LogP contribution in [0.25, 0.3) is 0 Å². The molecule has 0 saturated heterocycles. The Morgan fingerprint density at radius 2 is 2.21 bits per heavy atom. The second kappa shape index (κ2) is 5.42. The summed E-state index contributed by atoms with van der Waals surface area (Å²) in [7, 11) is 0. The van der Waals surface area contributed by atoms with Crippen LogP contribution in [0.15, 0.2) is 24.5 Å². The van der Waals surface area contributed by atoms with Gasteiger partial charge in [-0.2, -0.15) is 5.26 Å². The topological polar surface area (TPSA) is 78.7 Å². The summed E-state index contributed by atoms with van der Waals surface area (Å²) >= 11 is 5.74.